The summed E-state index contributed by atoms with van der Waals surface area (Å²) in [7, 11) is 0. The van der Waals surface area contributed by atoms with E-state index in [4.69, 9.17) is 0 Å². The molecule has 0 radical (unpaired) electrons. The average Bonchev–Trinajstić information content (AvgIpc) is 3.13. The molecule has 1 fully saturated rings. The predicted octanol–water partition coefficient (Wildman–Crippen LogP) is 2.73. The summed E-state index contributed by atoms with van der Waals surface area (Å²) in [4.78, 5) is 36.8. The normalized spacial score (nSPS) is 17.1. The van der Waals surface area contributed by atoms with E-state index in [2.05, 4.69) is 10.6 Å². The van der Waals surface area contributed by atoms with Crippen LogP contribution in [0.25, 0.3) is 0 Å². The number of nitro benzene ring substituents is 1. The Kier molecular flexibility index (Phi) is 6.43. The van der Waals surface area contributed by atoms with E-state index in [1.807, 2.05) is 37.3 Å². The summed E-state index contributed by atoms with van der Waals surface area (Å²) >= 11 is 0. The number of anilines is 1. The second-order valence-corrected chi connectivity index (χ2v) is 7.06. The molecule has 8 heteroatoms. The summed E-state index contributed by atoms with van der Waals surface area (Å²) in [6.45, 7) is 3.27. The molecule has 3 rings (SSSR count). The summed E-state index contributed by atoms with van der Waals surface area (Å²) in [5.41, 5.74) is 1.82. The zero-order valence-corrected chi connectivity index (χ0v) is 16.2. The van der Waals surface area contributed by atoms with Gasteiger partial charge in [0.1, 0.15) is 0 Å². The number of carbonyl (C=O) groups is 2. The van der Waals surface area contributed by atoms with Gasteiger partial charge < -0.3 is 15.5 Å². The van der Waals surface area contributed by atoms with E-state index in [9.17, 15) is 19.7 Å². The molecular weight excluding hydrogens is 372 g/mol. The van der Waals surface area contributed by atoms with Crippen LogP contribution in [0.15, 0.2) is 54.6 Å². The van der Waals surface area contributed by atoms with Gasteiger partial charge in [0.05, 0.1) is 16.9 Å². The number of nitrogens with zero attached hydrogens (tertiary/aromatic N) is 2. The zero-order valence-electron chi connectivity index (χ0n) is 16.2. The maximum Gasteiger partial charge on any atom is 0.269 e. The van der Waals surface area contributed by atoms with Crippen molar-refractivity contribution >= 4 is 23.2 Å². The van der Waals surface area contributed by atoms with E-state index in [0.717, 1.165) is 11.3 Å². The molecule has 0 saturated carbocycles. The number of hydrogen-bond acceptors (Lipinski definition) is 5. The van der Waals surface area contributed by atoms with Gasteiger partial charge in [-0.2, -0.15) is 0 Å². The van der Waals surface area contributed by atoms with Gasteiger partial charge in [0, 0.05) is 43.9 Å². The molecular formula is C21H24N4O4. The molecule has 1 saturated heterocycles. The van der Waals surface area contributed by atoms with E-state index >= 15 is 0 Å². The van der Waals surface area contributed by atoms with Crippen LogP contribution < -0.4 is 10.6 Å². The third-order valence-corrected chi connectivity index (χ3v) is 5.11. The Morgan fingerprint density at radius 1 is 1.17 bits per heavy atom. The highest BCUT2D eigenvalue weighted by molar-refractivity contribution is 5.89. The SMILES string of the molecule is C[C@H](c1ccccc1)N1C[C@H](C(=O)NCCNc2ccc([N+](=O)[O-])cc2)CC1=O. The molecule has 2 amide bonds. The van der Waals surface area contributed by atoms with Crippen molar-refractivity contribution in [3.05, 3.63) is 70.3 Å². The lowest BCUT2D eigenvalue weighted by atomic mass is 10.1. The standard InChI is InChI=1S/C21H24N4O4/c1-15(16-5-3-2-4-6-16)24-14-17(13-20(24)26)21(27)23-12-11-22-18-7-9-19(10-8-18)25(28)29/h2-10,15,17,22H,11-14H2,1H3,(H,23,27)/t15-,17-/m1/s1. The van der Waals surface area contributed by atoms with Crippen molar-refractivity contribution in [2.75, 3.05) is 25.0 Å². The fraction of sp³-hybridized carbons (Fsp3) is 0.333. The van der Waals surface area contributed by atoms with Crippen LogP contribution >= 0.6 is 0 Å². The third-order valence-electron chi connectivity index (χ3n) is 5.11. The minimum absolute atomic E-state index is 0.00879. The first-order valence-corrected chi connectivity index (χ1v) is 9.56. The maximum atomic E-state index is 12.4. The largest absolute Gasteiger partial charge is 0.383 e. The first-order chi connectivity index (χ1) is 14.0. The monoisotopic (exact) mass is 396 g/mol. The minimum Gasteiger partial charge on any atom is -0.383 e. The lowest BCUT2D eigenvalue weighted by molar-refractivity contribution is -0.384. The van der Waals surface area contributed by atoms with Crippen LogP contribution in [-0.4, -0.2) is 41.3 Å². The maximum absolute atomic E-state index is 12.4. The number of amides is 2. The molecule has 2 atom stereocenters. The first-order valence-electron chi connectivity index (χ1n) is 9.56. The highest BCUT2D eigenvalue weighted by atomic mass is 16.6. The van der Waals surface area contributed by atoms with Crippen LogP contribution in [0.3, 0.4) is 0 Å². The van der Waals surface area contributed by atoms with Gasteiger partial charge in [-0.25, -0.2) is 0 Å². The van der Waals surface area contributed by atoms with Crippen LogP contribution in [0.2, 0.25) is 0 Å². The lowest BCUT2D eigenvalue weighted by Gasteiger charge is -2.25. The molecule has 2 aromatic carbocycles. The summed E-state index contributed by atoms with van der Waals surface area (Å²) in [6.07, 6.45) is 0.221. The Bertz CT molecular complexity index is 870. The van der Waals surface area contributed by atoms with Crippen molar-refractivity contribution in [2.24, 2.45) is 5.92 Å². The Morgan fingerprint density at radius 2 is 1.86 bits per heavy atom. The quantitative estimate of drug-likeness (QED) is 0.406. The second-order valence-electron chi connectivity index (χ2n) is 7.06. The topological polar surface area (TPSA) is 105 Å². The summed E-state index contributed by atoms with van der Waals surface area (Å²) < 4.78 is 0. The fourth-order valence-electron chi connectivity index (χ4n) is 3.43. The van der Waals surface area contributed by atoms with Crippen molar-refractivity contribution in [1.82, 2.24) is 10.2 Å². The van der Waals surface area contributed by atoms with E-state index in [1.165, 1.54) is 12.1 Å². The van der Waals surface area contributed by atoms with Gasteiger partial charge in [-0.15, -0.1) is 0 Å². The van der Waals surface area contributed by atoms with Crippen LogP contribution in [0.5, 0.6) is 0 Å². The molecule has 0 spiro atoms. The number of non-ortho nitro benzene ring substituents is 1. The Balaban J connectivity index is 1.44. The molecule has 0 unspecified atom stereocenters. The van der Waals surface area contributed by atoms with Gasteiger partial charge in [-0.1, -0.05) is 30.3 Å². The lowest BCUT2D eigenvalue weighted by Crippen LogP contribution is -2.36. The van der Waals surface area contributed by atoms with E-state index in [1.54, 1.807) is 17.0 Å². The fourth-order valence-corrected chi connectivity index (χ4v) is 3.43. The van der Waals surface area contributed by atoms with Crippen molar-refractivity contribution < 1.29 is 14.5 Å². The molecule has 1 aliphatic rings. The number of hydrogen-bond donors (Lipinski definition) is 2. The first kappa shape index (κ1) is 20.3. The number of carbonyl (C=O) groups excluding carboxylic acids is 2. The van der Waals surface area contributed by atoms with Gasteiger partial charge in [-0.3, -0.25) is 19.7 Å². The van der Waals surface area contributed by atoms with Gasteiger partial charge in [0.15, 0.2) is 0 Å². The molecule has 152 valence electrons. The number of nitrogens with one attached hydrogen (secondary N) is 2. The number of nitro groups is 1. The van der Waals surface area contributed by atoms with Crippen molar-refractivity contribution in [3.8, 4) is 0 Å². The highest BCUT2D eigenvalue weighted by Crippen LogP contribution is 2.28. The molecule has 0 aliphatic carbocycles. The van der Waals surface area contributed by atoms with Gasteiger partial charge >= 0.3 is 0 Å². The van der Waals surface area contributed by atoms with E-state index < -0.39 is 4.92 Å². The van der Waals surface area contributed by atoms with Crippen molar-refractivity contribution in [1.29, 1.82) is 0 Å². The smallest absolute Gasteiger partial charge is 0.269 e. The van der Waals surface area contributed by atoms with Crippen molar-refractivity contribution in [3.63, 3.8) is 0 Å². The molecule has 1 aliphatic heterocycles. The average molecular weight is 396 g/mol. The Labute approximate surface area is 169 Å². The predicted molar refractivity (Wildman–Crippen MR) is 109 cm³/mol. The van der Waals surface area contributed by atoms with Crippen LogP contribution in [0.1, 0.15) is 24.9 Å². The Morgan fingerprint density at radius 3 is 2.52 bits per heavy atom. The van der Waals surface area contributed by atoms with Gasteiger partial charge in [-0.05, 0) is 24.6 Å². The second kappa shape index (κ2) is 9.18. The van der Waals surface area contributed by atoms with Crippen LogP contribution in [0.4, 0.5) is 11.4 Å². The molecule has 8 nitrogen and oxygen atoms in total. The van der Waals surface area contributed by atoms with Gasteiger partial charge in [0.25, 0.3) is 5.69 Å². The molecule has 2 N–H and O–H groups in total. The number of rotatable bonds is 8. The molecule has 0 bridgehead atoms. The zero-order chi connectivity index (χ0) is 20.8. The van der Waals surface area contributed by atoms with Crippen LogP contribution in [-0.2, 0) is 9.59 Å². The molecule has 0 aromatic heterocycles. The summed E-state index contributed by atoms with van der Waals surface area (Å²) in [5.74, 6) is -0.495. The number of likely N-dealkylation sites (tertiary alicyclic amines) is 1. The third kappa shape index (κ3) is 5.10. The summed E-state index contributed by atoms with van der Waals surface area (Å²) in [5, 5.41) is 16.6. The van der Waals surface area contributed by atoms with Crippen LogP contribution in [0, 0.1) is 16.0 Å². The van der Waals surface area contributed by atoms with E-state index in [0.29, 0.717) is 19.6 Å². The summed E-state index contributed by atoms with van der Waals surface area (Å²) in [6, 6.07) is 15.8. The van der Waals surface area contributed by atoms with Gasteiger partial charge in [0.2, 0.25) is 11.8 Å². The van der Waals surface area contributed by atoms with Crippen molar-refractivity contribution in [2.45, 2.75) is 19.4 Å². The molecule has 1 heterocycles. The molecule has 29 heavy (non-hydrogen) atoms. The van der Waals surface area contributed by atoms with E-state index in [-0.39, 0.29) is 35.9 Å². The molecule has 2 aromatic rings. The Hall–Kier alpha value is -3.42. The highest BCUT2D eigenvalue weighted by Gasteiger charge is 2.36. The number of benzene rings is 2. The minimum atomic E-state index is -0.450.